The Morgan fingerprint density at radius 3 is 2.50 bits per heavy atom. The molecule has 0 radical (unpaired) electrons. The van der Waals surface area contributed by atoms with Gasteiger partial charge in [-0.05, 0) is 62.0 Å². The summed E-state index contributed by atoms with van der Waals surface area (Å²) in [6.45, 7) is 3.00. The van der Waals surface area contributed by atoms with Gasteiger partial charge in [-0.25, -0.2) is 4.98 Å². The van der Waals surface area contributed by atoms with Crippen LogP contribution in [0.3, 0.4) is 0 Å². The molecular weight excluding hydrogens is 692 g/mol. The maximum Gasteiger partial charge on any atom is 2.00 e. The summed E-state index contributed by atoms with van der Waals surface area (Å²) >= 11 is 1.61. The molecule has 6 heteroatoms. The Bertz CT molecular complexity index is 1950. The fourth-order valence-electron chi connectivity index (χ4n) is 5.37. The molecule has 0 saturated heterocycles. The molecule has 1 aliphatic heterocycles. The van der Waals surface area contributed by atoms with Crippen LogP contribution in [0.25, 0.3) is 27.6 Å². The number of fused-ring (bicyclic) bond motifs is 4. The molecule has 200 valence electrons. The van der Waals surface area contributed by atoms with Crippen molar-refractivity contribution in [3.63, 3.8) is 0 Å². The van der Waals surface area contributed by atoms with Gasteiger partial charge in [-0.3, -0.25) is 0 Å². The van der Waals surface area contributed by atoms with Crippen LogP contribution in [-0.2, 0) is 21.1 Å². The maximum absolute atomic E-state index is 7.91. The maximum atomic E-state index is 7.91. The van der Waals surface area contributed by atoms with E-state index in [1.54, 1.807) is 30.1 Å². The number of nitrogens with zero attached hydrogens (tertiary/aromatic N) is 4. The Kier molecular flexibility index (Phi) is 6.26. The van der Waals surface area contributed by atoms with E-state index in [0.29, 0.717) is 11.9 Å². The van der Waals surface area contributed by atoms with Gasteiger partial charge in [0.1, 0.15) is 5.82 Å². The molecule has 0 unspecified atom stereocenters. The molecule has 4 nitrogen and oxygen atoms in total. The van der Waals surface area contributed by atoms with Crippen molar-refractivity contribution in [3.8, 4) is 5.82 Å². The summed E-state index contributed by atoms with van der Waals surface area (Å²) in [4.78, 5) is 11.2. The Labute approximate surface area is 258 Å². The van der Waals surface area contributed by atoms with Crippen molar-refractivity contribution in [2.45, 2.75) is 36.5 Å². The minimum Gasteiger partial charge on any atom is -0.349 e. The average Bonchev–Trinajstić information content (AvgIpc) is 3.53. The first-order valence-corrected chi connectivity index (χ1v) is 13.9. The van der Waals surface area contributed by atoms with Gasteiger partial charge in [0.05, 0.1) is 18.0 Å². The molecule has 7 rings (SSSR count). The van der Waals surface area contributed by atoms with Gasteiger partial charge >= 0.3 is 21.1 Å². The molecule has 40 heavy (non-hydrogen) atoms. The van der Waals surface area contributed by atoms with Crippen molar-refractivity contribution in [1.82, 2.24) is 9.55 Å². The minimum atomic E-state index is -2.22. The van der Waals surface area contributed by atoms with Gasteiger partial charge in [0.25, 0.3) is 0 Å². The van der Waals surface area contributed by atoms with Crippen molar-refractivity contribution in [2.24, 2.45) is 0 Å². The topological polar surface area (TPSA) is 24.3 Å². The fourth-order valence-corrected chi connectivity index (χ4v) is 6.19. The van der Waals surface area contributed by atoms with Crippen LogP contribution >= 0.6 is 11.8 Å². The predicted molar refractivity (Wildman–Crippen MR) is 163 cm³/mol. The van der Waals surface area contributed by atoms with E-state index in [1.807, 2.05) is 22.8 Å². The van der Waals surface area contributed by atoms with Crippen LogP contribution in [-0.4, -0.2) is 22.3 Å². The van der Waals surface area contributed by atoms with Crippen LogP contribution in [0.1, 0.15) is 23.5 Å². The standard InChI is InChI=1S/C34H28N4S.Pt/c1-23(2)36-22-37(32-14-7-6-13-31(32)36)25-9-8-10-26(20-25)39-27-15-16-29-28-11-4-5-12-30(28)38(33(29)21-27)34-19-24(3)17-18-35-34;/h4-19,23H,22H2,1-3H3;/q-2;+2/i3D3;. The van der Waals surface area contributed by atoms with Gasteiger partial charge in [0.15, 0.2) is 0 Å². The number of hydrogen-bond acceptors (Lipinski definition) is 4. The largest absolute Gasteiger partial charge is 2.00 e. The van der Waals surface area contributed by atoms with Crippen LogP contribution in [0.15, 0.2) is 107 Å². The van der Waals surface area contributed by atoms with E-state index in [2.05, 4.69) is 101 Å². The van der Waals surface area contributed by atoms with Crippen molar-refractivity contribution in [1.29, 1.82) is 0 Å². The Morgan fingerprint density at radius 2 is 1.65 bits per heavy atom. The normalized spacial score (nSPS) is 14.2. The van der Waals surface area contributed by atoms with Crippen molar-refractivity contribution in [3.05, 3.63) is 115 Å². The molecule has 0 N–H and O–H groups in total. The number of pyridine rings is 1. The predicted octanol–water partition coefficient (Wildman–Crippen LogP) is 8.56. The summed E-state index contributed by atoms with van der Waals surface area (Å²) < 4.78 is 25.7. The van der Waals surface area contributed by atoms with E-state index >= 15 is 0 Å². The number of rotatable bonds is 5. The number of anilines is 3. The second-order valence-corrected chi connectivity index (χ2v) is 11.0. The third-order valence-electron chi connectivity index (χ3n) is 7.19. The fraction of sp³-hybridized carbons (Fsp3) is 0.147. The van der Waals surface area contributed by atoms with Gasteiger partial charge in [-0.15, -0.1) is 45.1 Å². The molecule has 3 heterocycles. The number of aromatic nitrogens is 2. The zero-order chi connectivity index (χ0) is 29.0. The third kappa shape index (κ3) is 4.61. The first-order chi connectivity index (χ1) is 20.3. The van der Waals surface area contributed by atoms with Crippen LogP contribution in [0.5, 0.6) is 0 Å². The van der Waals surface area contributed by atoms with E-state index in [4.69, 9.17) is 4.11 Å². The first-order valence-electron chi connectivity index (χ1n) is 14.5. The van der Waals surface area contributed by atoms with Gasteiger partial charge in [-0.2, -0.15) is 24.3 Å². The quantitative estimate of drug-likeness (QED) is 0.167. The summed E-state index contributed by atoms with van der Waals surface area (Å²) in [6.07, 6.45) is 1.56. The summed E-state index contributed by atoms with van der Waals surface area (Å²) in [5.74, 6) is 0.559. The van der Waals surface area contributed by atoms with Crippen LogP contribution in [0.2, 0.25) is 0 Å². The Morgan fingerprint density at radius 1 is 0.850 bits per heavy atom. The van der Waals surface area contributed by atoms with E-state index in [1.165, 1.54) is 11.4 Å². The van der Waals surface area contributed by atoms with Gasteiger partial charge in [-0.1, -0.05) is 41.5 Å². The second-order valence-electron chi connectivity index (χ2n) is 9.96. The molecule has 0 fully saturated rings. The summed E-state index contributed by atoms with van der Waals surface area (Å²) in [6, 6.07) is 37.9. The second kappa shape index (κ2) is 10.8. The van der Waals surface area contributed by atoms with Crippen LogP contribution in [0.4, 0.5) is 17.1 Å². The molecule has 0 bridgehead atoms. The van der Waals surface area contributed by atoms with E-state index in [-0.39, 0.29) is 26.6 Å². The molecular formula is C34H28N4PtS. The zero-order valence-corrected chi connectivity index (χ0v) is 25.1. The number of hydrogen-bond donors (Lipinski definition) is 0. The molecule has 6 aromatic rings. The third-order valence-corrected chi connectivity index (χ3v) is 8.11. The summed E-state index contributed by atoms with van der Waals surface area (Å²) in [7, 11) is 0. The first kappa shape index (κ1) is 23.2. The number of para-hydroxylation sites is 3. The Hall–Kier alpha value is -3.53. The number of benzene rings is 4. The van der Waals surface area contributed by atoms with Gasteiger partial charge in [0, 0.05) is 21.9 Å². The molecule has 0 saturated carbocycles. The molecule has 4 aromatic carbocycles. The number of aryl methyl sites for hydroxylation is 1. The summed E-state index contributed by atoms with van der Waals surface area (Å²) in [5, 5.41) is 2.11. The van der Waals surface area contributed by atoms with E-state index in [9.17, 15) is 0 Å². The SMILES string of the molecule is [2H]C([2H])([2H])c1ccnc(-n2c3[c-]c(Sc4[c-]c(N5CN(C(C)C)c6ccccc65)ccc4)ccc3c3ccccc32)c1.[Pt+2]. The average molecular weight is 723 g/mol. The minimum absolute atomic E-state index is 0. The zero-order valence-electron chi connectivity index (χ0n) is 25.0. The smallest absolute Gasteiger partial charge is 0.349 e. The monoisotopic (exact) mass is 722 g/mol. The molecule has 0 amide bonds. The molecule has 0 atom stereocenters. The van der Waals surface area contributed by atoms with E-state index in [0.717, 1.165) is 44.0 Å². The van der Waals surface area contributed by atoms with Crippen molar-refractivity contribution in [2.75, 3.05) is 16.5 Å². The molecule has 0 aliphatic carbocycles. The van der Waals surface area contributed by atoms with Gasteiger partial charge in [0.2, 0.25) is 0 Å². The Balaban J connectivity index is 0.00000329. The molecule has 2 aromatic heterocycles. The van der Waals surface area contributed by atoms with Crippen molar-refractivity contribution >= 4 is 50.6 Å². The van der Waals surface area contributed by atoms with Gasteiger partial charge < -0.3 is 14.4 Å². The molecule has 0 spiro atoms. The summed E-state index contributed by atoms with van der Waals surface area (Å²) in [5.41, 5.74) is 5.52. The van der Waals surface area contributed by atoms with E-state index < -0.39 is 6.85 Å². The van der Waals surface area contributed by atoms with Crippen molar-refractivity contribution < 1.29 is 25.2 Å². The van der Waals surface area contributed by atoms with Crippen LogP contribution in [0, 0.1) is 19.0 Å². The molecule has 1 aliphatic rings. The van der Waals surface area contributed by atoms with Crippen LogP contribution < -0.4 is 9.80 Å².